The number of hydrogen-bond donors (Lipinski definition) is 1. The van der Waals surface area contributed by atoms with E-state index in [-0.39, 0.29) is 0 Å². The third kappa shape index (κ3) is 3.52. The summed E-state index contributed by atoms with van der Waals surface area (Å²) in [5.41, 5.74) is 0.759. The number of pyridine rings is 1. The second kappa shape index (κ2) is 7.01. The van der Waals surface area contributed by atoms with E-state index in [9.17, 15) is 9.90 Å². The van der Waals surface area contributed by atoms with Crippen LogP contribution in [0.5, 0.6) is 11.5 Å². The molecule has 1 aromatic carbocycles. The van der Waals surface area contributed by atoms with Crippen molar-refractivity contribution in [2.45, 2.75) is 25.4 Å². The number of aryl methyl sites for hydroxylation is 1. The van der Waals surface area contributed by atoms with Gasteiger partial charge in [0.25, 0.3) is 0 Å². The minimum absolute atomic E-state index is 0.391. The van der Waals surface area contributed by atoms with Crippen molar-refractivity contribution in [2.24, 2.45) is 0 Å². The van der Waals surface area contributed by atoms with Gasteiger partial charge in [0.05, 0.1) is 7.11 Å². The fourth-order valence-corrected chi connectivity index (χ4v) is 3.13. The highest BCUT2D eigenvalue weighted by Gasteiger charge is 2.44. The molecule has 1 aliphatic rings. The first-order valence-electron chi connectivity index (χ1n) is 8.27. The Hall–Kier alpha value is -2.76. The second-order valence-corrected chi connectivity index (χ2v) is 6.19. The number of anilines is 1. The minimum Gasteiger partial charge on any atom is -0.493 e. The number of carboxylic acid groups (broad SMARTS) is 1. The molecule has 132 valence electrons. The lowest BCUT2D eigenvalue weighted by Gasteiger charge is -2.40. The average Bonchev–Trinajstić information content (AvgIpc) is 2.62. The number of hydrogen-bond acceptors (Lipinski definition) is 5. The van der Waals surface area contributed by atoms with Gasteiger partial charge in [0, 0.05) is 43.5 Å². The molecular weight excluding hydrogens is 320 g/mol. The molecule has 1 N–H and O–H groups in total. The quantitative estimate of drug-likeness (QED) is 0.901. The molecule has 1 saturated heterocycles. The Labute approximate surface area is 147 Å². The van der Waals surface area contributed by atoms with E-state index in [4.69, 9.17) is 9.47 Å². The van der Waals surface area contributed by atoms with Gasteiger partial charge in [-0.2, -0.15) is 0 Å². The number of ether oxygens (including phenoxy) is 2. The van der Waals surface area contributed by atoms with Crippen LogP contribution in [-0.4, -0.2) is 41.9 Å². The van der Waals surface area contributed by atoms with Gasteiger partial charge in [-0.05, 0) is 31.2 Å². The third-order valence-corrected chi connectivity index (χ3v) is 4.58. The van der Waals surface area contributed by atoms with E-state index in [0.717, 1.165) is 11.4 Å². The lowest BCUT2D eigenvalue weighted by molar-refractivity contribution is -0.157. The fraction of sp³-hybridized carbons (Fsp3) is 0.368. The van der Waals surface area contributed by atoms with Crippen LogP contribution in [-0.2, 0) is 4.79 Å². The van der Waals surface area contributed by atoms with Crippen molar-refractivity contribution >= 4 is 11.7 Å². The van der Waals surface area contributed by atoms with Crippen LogP contribution >= 0.6 is 0 Å². The fourth-order valence-electron chi connectivity index (χ4n) is 3.13. The monoisotopic (exact) mass is 342 g/mol. The number of rotatable bonds is 5. The molecule has 6 heteroatoms. The molecule has 0 bridgehead atoms. The predicted molar refractivity (Wildman–Crippen MR) is 94.4 cm³/mol. The molecule has 25 heavy (non-hydrogen) atoms. The SMILES string of the molecule is COc1ccccc1OC1(C(=O)O)CCN(c2ccnc(C)c2)CC1. The molecule has 0 aliphatic carbocycles. The summed E-state index contributed by atoms with van der Waals surface area (Å²) >= 11 is 0. The van der Waals surface area contributed by atoms with Gasteiger partial charge in [0.2, 0.25) is 5.60 Å². The number of carbonyl (C=O) groups is 1. The maximum Gasteiger partial charge on any atom is 0.348 e. The Morgan fingerprint density at radius 3 is 2.48 bits per heavy atom. The molecule has 0 unspecified atom stereocenters. The summed E-state index contributed by atoms with van der Waals surface area (Å²) < 4.78 is 11.3. The molecule has 6 nitrogen and oxygen atoms in total. The van der Waals surface area contributed by atoms with E-state index < -0.39 is 11.6 Å². The molecule has 1 aliphatic heterocycles. The first kappa shape index (κ1) is 17.1. The Morgan fingerprint density at radius 2 is 1.88 bits per heavy atom. The van der Waals surface area contributed by atoms with Crippen molar-refractivity contribution in [3.05, 3.63) is 48.3 Å². The largest absolute Gasteiger partial charge is 0.493 e. The molecule has 0 amide bonds. The van der Waals surface area contributed by atoms with E-state index in [1.54, 1.807) is 25.4 Å². The number of para-hydroxylation sites is 2. The van der Waals surface area contributed by atoms with Crippen molar-refractivity contribution < 1.29 is 19.4 Å². The summed E-state index contributed by atoms with van der Waals surface area (Å²) in [6.45, 7) is 3.15. The lowest BCUT2D eigenvalue weighted by atomic mass is 9.90. The van der Waals surface area contributed by atoms with Crippen LogP contribution in [0.25, 0.3) is 0 Å². The second-order valence-electron chi connectivity index (χ2n) is 6.19. The van der Waals surface area contributed by atoms with Crippen LogP contribution < -0.4 is 14.4 Å². The van der Waals surface area contributed by atoms with Crippen molar-refractivity contribution in [3.8, 4) is 11.5 Å². The predicted octanol–water partition coefficient (Wildman–Crippen LogP) is 2.90. The molecule has 2 heterocycles. The lowest BCUT2D eigenvalue weighted by Crippen LogP contribution is -2.53. The molecule has 0 saturated carbocycles. The first-order chi connectivity index (χ1) is 12.0. The molecular formula is C19H22N2O4. The van der Waals surface area contributed by atoms with Crippen LogP contribution in [0.4, 0.5) is 5.69 Å². The minimum atomic E-state index is -1.24. The third-order valence-electron chi connectivity index (χ3n) is 4.58. The van der Waals surface area contributed by atoms with E-state index in [2.05, 4.69) is 9.88 Å². The molecule has 0 radical (unpaired) electrons. The summed E-state index contributed by atoms with van der Waals surface area (Å²) in [4.78, 5) is 18.4. The van der Waals surface area contributed by atoms with Crippen molar-refractivity contribution in [3.63, 3.8) is 0 Å². The van der Waals surface area contributed by atoms with Gasteiger partial charge >= 0.3 is 5.97 Å². The Kier molecular flexibility index (Phi) is 4.79. The van der Waals surface area contributed by atoms with Gasteiger partial charge in [0.15, 0.2) is 11.5 Å². The molecule has 1 fully saturated rings. The topological polar surface area (TPSA) is 71.9 Å². The summed E-state index contributed by atoms with van der Waals surface area (Å²) in [5, 5.41) is 9.82. The van der Waals surface area contributed by atoms with E-state index >= 15 is 0 Å². The number of piperidine rings is 1. The van der Waals surface area contributed by atoms with E-state index in [0.29, 0.717) is 37.4 Å². The Morgan fingerprint density at radius 1 is 1.20 bits per heavy atom. The van der Waals surface area contributed by atoms with Crippen molar-refractivity contribution in [2.75, 3.05) is 25.1 Å². The number of aliphatic carboxylic acids is 1. The molecule has 2 aromatic rings. The van der Waals surface area contributed by atoms with Gasteiger partial charge in [0.1, 0.15) is 0 Å². The smallest absolute Gasteiger partial charge is 0.348 e. The highest BCUT2D eigenvalue weighted by molar-refractivity contribution is 5.78. The van der Waals surface area contributed by atoms with Gasteiger partial charge < -0.3 is 19.5 Å². The number of methoxy groups -OCH3 is 1. The molecule has 3 rings (SSSR count). The maximum atomic E-state index is 12.0. The van der Waals surface area contributed by atoms with Crippen LogP contribution in [0.15, 0.2) is 42.6 Å². The van der Waals surface area contributed by atoms with Crippen molar-refractivity contribution in [1.82, 2.24) is 4.98 Å². The molecule has 0 atom stereocenters. The highest BCUT2D eigenvalue weighted by Crippen LogP contribution is 2.35. The van der Waals surface area contributed by atoms with Crippen molar-refractivity contribution in [1.29, 1.82) is 0 Å². The first-order valence-corrected chi connectivity index (χ1v) is 8.27. The number of aromatic nitrogens is 1. The van der Waals surface area contributed by atoms with Crippen LogP contribution in [0, 0.1) is 6.92 Å². The highest BCUT2D eigenvalue weighted by atomic mass is 16.5. The number of benzene rings is 1. The zero-order valence-corrected chi connectivity index (χ0v) is 14.4. The van der Waals surface area contributed by atoms with Crippen LogP contribution in [0.2, 0.25) is 0 Å². The number of nitrogens with zero attached hydrogens (tertiary/aromatic N) is 2. The summed E-state index contributed by atoms with van der Waals surface area (Å²) in [7, 11) is 1.55. The zero-order chi connectivity index (χ0) is 17.9. The van der Waals surface area contributed by atoms with Gasteiger partial charge in [-0.3, -0.25) is 4.98 Å². The normalized spacial score (nSPS) is 16.3. The van der Waals surface area contributed by atoms with Gasteiger partial charge in [-0.25, -0.2) is 4.79 Å². The summed E-state index contributed by atoms with van der Waals surface area (Å²) in [6.07, 6.45) is 2.55. The molecule has 1 aromatic heterocycles. The standard InChI is InChI=1S/C19H22N2O4/c1-14-13-15(7-10-20-14)21-11-8-19(9-12-21,18(22)23)25-17-6-4-3-5-16(17)24-2/h3-7,10,13H,8-9,11-12H2,1-2H3,(H,22,23). The maximum absolute atomic E-state index is 12.0. The van der Waals surface area contributed by atoms with Crippen LogP contribution in [0.1, 0.15) is 18.5 Å². The van der Waals surface area contributed by atoms with Crippen LogP contribution in [0.3, 0.4) is 0 Å². The molecule has 0 spiro atoms. The van der Waals surface area contributed by atoms with E-state index in [1.165, 1.54) is 0 Å². The Balaban J connectivity index is 1.78. The number of carboxylic acids is 1. The average molecular weight is 342 g/mol. The summed E-state index contributed by atoms with van der Waals surface area (Å²) in [5.74, 6) is 0.0554. The zero-order valence-electron chi connectivity index (χ0n) is 14.4. The van der Waals surface area contributed by atoms with Gasteiger partial charge in [-0.1, -0.05) is 12.1 Å². The van der Waals surface area contributed by atoms with Gasteiger partial charge in [-0.15, -0.1) is 0 Å². The summed E-state index contributed by atoms with van der Waals surface area (Å²) in [6, 6.07) is 11.1. The Bertz CT molecular complexity index is 755. The van der Waals surface area contributed by atoms with E-state index in [1.807, 2.05) is 31.2 Å².